The van der Waals surface area contributed by atoms with Gasteiger partial charge in [0.25, 0.3) is 15.9 Å². The molecule has 2 heterocycles. The van der Waals surface area contributed by atoms with Crippen LogP contribution in [0.3, 0.4) is 0 Å². The Kier molecular flexibility index (Phi) is 5.64. The van der Waals surface area contributed by atoms with Gasteiger partial charge in [0.1, 0.15) is 11.4 Å². The van der Waals surface area contributed by atoms with E-state index in [1.54, 1.807) is 32.0 Å². The number of carbonyl (C=O) groups excluding carboxylic acids is 1. The van der Waals surface area contributed by atoms with Crippen molar-refractivity contribution in [3.05, 3.63) is 71.0 Å². The van der Waals surface area contributed by atoms with Crippen LogP contribution < -0.4 is 10.0 Å². The highest BCUT2D eigenvalue weighted by Crippen LogP contribution is 2.29. The standard InChI is InChI=1S/C22H21N5O5S/c1-12-4-9-20(28)17(10-12)18-11-19(25-24-18)21(29)23-15-5-7-16(8-6-15)33(30,31)27-22-13(2)14(3)26-32-22/h4-11,27-28H,1-3H3,(H,23,29)(H,24,25). The number of aromatic nitrogens is 3. The molecule has 0 saturated carbocycles. The molecule has 0 bridgehead atoms. The fraction of sp³-hybridized carbons (Fsp3) is 0.136. The number of H-pyrrole nitrogens is 1. The summed E-state index contributed by atoms with van der Waals surface area (Å²) in [5.41, 5.74) is 3.62. The van der Waals surface area contributed by atoms with Gasteiger partial charge in [0.15, 0.2) is 0 Å². The minimum atomic E-state index is -3.89. The van der Waals surface area contributed by atoms with Crippen molar-refractivity contribution >= 4 is 27.5 Å². The minimum Gasteiger partial charge on any atom is -0.507 e. The van der Waals surface area contributed by atoms with Gasteiger partial charge >= 0.3 is 0 Å². The van der Waals surface area contributed by atoms with Crippen LogP contribution in [0.4, 0.5) is 11.6 Å². The van der Waals surface area contributed by atoms with Crippen molar-refractivity contribution in [2.24, 2.45) is 0 Å². The second-order valence-corrected chi connectivity index (χ2v) is 9.18. The first kappa shape index (κ1) is 22.1. The van der Waals surface area contributed by atoms with Crippen LogP contribution in [0.1, 0.15) is 27.3 Å². The number of benzene rings is 2. The van der Waals surface area contributed by atoms with E-state index >= 15 is 0 Å². The number of aromatic hydroxyl groups is 1. The molecular weight excluding hydrogens is 446 g/mol. The van der Waals surface area contributed by atoms with Crippen molar-refractivity contribution < 1.29 is 22.8 Å². The second kappa shape index (κ2) is 8.43. The van der Waals surface area contributed by atoms with Gasteiger partial charge < -0.3 is 14.9 Å². The van der Waals surface area contributed by atoms with Crippen molar-refractivity contribution in [3.63, 3.8) is 0 Å². The van der Waals surface area contributed by atoms with Gasteiger partial charge in [0.2, 0.25) is 5.88 Å². The average molecular weight is 468 g/mol. The Hall–Kier alpha value is -4.12. The van der Waals surface area contributed by atoms with Gasteiger partial charge in [-0.05, 0) is 63.2 Å². The van der Waals surface area contributed by atoms with Gasteiger partial charge in [-0.15, -0.1) is 0 Å². The van der Waals surface area contributed by atoms with Crippen molar-refractivity contribution in [1.82, 2.24) is 15.4 Å². The number of hydrogen-bond acceptors (Lipinski definition) is 7. The minimum absolute atomic E-state index is 0.00676. The summed E-state index contributed by atoms with van der Waals surface area (Å²) in [4.78, 5) is 12.6. The van der Waals surface area contributed by atoms with E-state index in [0.29, 0.717) is 28.2 Å². The lowest BCUT2D eigenvalue weighted by Crippen LogP contribution is -2.14. The molecule has 0 unspecified atom stereocenters. The Labute approximate surface area is 189 Å². The summed E-state index contributed by atoms with van der Waals surface area (Å²) in [7, 11) is -3.89. The first-order valence-electron chi connectivity index (χ1n) is 9.86. The maximum atomic E-state index is 12.6. The number of nitrogens with one attached hydrogen (secondary N) is 3. The van der Waals surface area contributed by atoms with E-state index in [9.17, 15) is 18.3 Å². The summed E-state index contributed by atoms with van der Waals surface area (Å²) < 4.78 is 32.5. The van der Waals surface area contributed by atoms with Crippen LogP contribution in [-0.2, 0) is 10.0 Å². The largest absolute Gasteiger partial charge is 0.507 e. The maximum Gasteiger partial charge on any atom is 0.273 e. The molecule has 0 saturated heterocycles. The number of anilines is 2. The molecule has 170 valence electrons. The normalized spacial score (nSPS) is 11.4. The van der Waals surface area contributed by atoms with E-state index in [2.05, 4.69) is 25.4 Å². The van der Waals surface area contributed by atoms with Crippen LogP contribution in [0.15, 0.2) is 57.9 Å². The van der Waals surface area contributed by atoms with E-state index < -0.39 is 15.9 Å². The van der Waals surface area contributed by atoms with Gasteiger partial charge in [0.05, 0.1) is 16.3 Å². The number of rotatable bonds is 6. The molecule has 0 fully saturated rings. The summed E-state index contributed by atoms with van der Waals surface area (Å²) in [6.45, 7) is 5.29. The van der Waals surface area contributed by atoms with Crippen LogP contribution >= 0.6 is 0 Å². The summed E-state index contributed by atoms with van der Waals surface area (Å²) in [5.74, 6) is -0.359. The Morgan fingerprint density at radius 3 is 2.45 bits per heavy atom. The number of aromatic amines is 1. The molecule has 0 aliphatic carbocycles. The molecule has 10 nitrogen and oxygen atoms in total. The lowest BCUT2D eigenvalue weighted by molar-refractivity contribution is 0.102. The lowest BCUT2D eigenvalue weighted by atomic mass is 10.1. The summed E-state index contributed by atoms with van der Waals surface area (Å²) in [6.07, 6.45) is 0. The number of nitrogens with zero attached hydrogens (tertiary/aromatic N) is 2. The zero-order chi connectivity index (χ0) is 23.8. The molecule has 0 spiro atoms. The maximum absolute atomic E-state index is 12.6. The fourth-order valence-electron chi connectivity index (χ4n) is 3.04. The number of aryl methyl sites for hydroxylation is 2. The molecule has 0 radical (unpaired) electrons. The number of sulfonamides is 1. The van der Waals surface area contributed by atoms with Crippen molar-refractivity contribution in [2.45, 2.75) is 25.7 Å². The predicted molar refractivity (Wildman–Crippen MR) is 122 cm³/mol. The van der Waals surface area contributed by atoms with Crippen molar-refractivity contribution in [2.75, 3.05) is 10.0 Å². The fourth-order valence-corrected chi connectivity index (χ4v) is 4.09. The molecule has 33 heavy (non-hydrogen) atoms. The van der Waals surface area contributed by atoms with Gasteiger partial charge in [-0.3, -0.25) is 9.89 Å². The Bertz CT molecular complexity index is 1440. The Balaban J connectivity index is 1.47. The van der Waals surface area contributed by atoms with Crippen LogP contribution in [-0.4, -0.2) is 34.8 Å². The molecule has 11 heteroatoms. The van der Waals surface area contributed by atoms with E-state index in [-0.39, 0.29) is 22.2 Å². The molecule has 4 rings (SSSR count). The SMILES string of the molecule is Cc1ccc(O)c(-c2cc(C(=O)Nc3ccc(S(=O)(=O)Nc4onc(C)c4C)cc3)[nH]n2)c1. The Morgan fingerprint density at radius 2 is 1.79 bits per heavy atom. The first-order valence-corrected chi connectivity index (χ1v) is 11.3. The van der Waals surface area contributed by atoms with Crippen LogP contribution in [0.25, 0.3) is 11.3 Å². The van der Waals surface area contributed by atoms with Crippen LogP contribution in [0.2, 0.25) is 0 Å². The molecular formula is C22H21N5O5S. The van der Waals surface area contributed by atoms with E-state index in [1.165, 1.54) is 30.3 Å². The van der Waals surface area contributed by atoms with Crippen molar-refractivity contribution in [3.8, 4) is 17.0 Å². The molecule has 0 aliphatic rings. The van der Waals surface area contributed by atoms with E-state index in [0.717, 1.165) is 5.56 Å². The monoisotopic (exact) mass is 467 g/mol. The highest BCUT2D eigenvalue weighted by molar-refractivity contribution is 7.92. The number of phenols is 1. The third kappa shape index (κ3) is 4.58. The quantitative estimate of drug-likeness (QED) is 0.337. The van der Waals surface area contributed by atoms with E-state index in [1.807, 2.05) is 6.92 Å². The van der Waals surface area contributed by atoms with Crippen molar-refractivity contribution in [1.29, 1.82) is 0 Å². The van der Waals surface area contributed by atoms with Gasteiger partial charge in [-0.25, -0.2) is 13.1 Å². The zero-order valence-electron chi connectivity index (χ0n) is 18.0. The summed E-state index contributed by atoms with van der Waals surface area (Å²) in [5, 5.41) is 23.2. The number of hydrogen-bond donors (Lipinski definition) is 4. The number of phenolic OH excluding ortho intramolecular Hbond substituents is 1. The van der Waals surface area contributed by atoms with Crippen LogP contribution in [0.5, 0.6) is 5.75 Å². The first-order chi connectivity index (χ1) is 15.6. The summed E-state index contributed by atoms with van der Waals surface area (Å²) >= 11 is 0. The number of amides is 1. The zero-order valence-corrected chi connectivity index (χ0v) is 18.8. The third-order valence-corrected chi connectivity index (χ3v) is 6.40. The molecule has 4 aromatic rings. The highest BCUT2D eigenvalue weighted by atomic mass is 32.2. The number of carbonyl (C=O) groups is 1. The molecule has 2 aromatic carbocycles. The molecule has 0 aliphatic heterocycles. The molecule has 4 N–H and O–H groups in total. The van der Waals surface area contributed by atoms with E-state index in [4.69, 9.17) is 4.52 Å². The molecule has 0 atom stereocenters. The smallest absolute Gasteiger partial charge is 0.273 e. The van der Waals surface area contributed by atoms with Crippen LogP contribution in [0, 0.1) is 20.8 Å². The summed E-state index contributed by atoms with van der Waals surface area (Å²) in [6, 6.07) is 12.3. The second-order valence-electron chi connectivity index (χ2n) is 7.49. The highest BCUT2D eigenvalue weighted by Gasteiger charge is 2.20. The third-order valence-electron chi connectivity index (χ3n) is 5.06. The molecule has 1 amide bonds. The Morgan fingerprint density at radius 1 is 1.06 bits per heavy atom. The lowest BCUT2D eigenvalue weighted by Gasteiger charge is -2.08. The topological polar surface area (TPSA) is 150 Å². The molecule has 2 aromatic heterocycles. The predicted octanol–water partition coefficient (Wildman–Crippen LogP) is 3.75. The average Bonchev–Trinajstić information content (AvgIpc) is 3.39. The van der Waals surface area contributed by atoms with Gasteiger partial charge in [-0.1, -0.05) is 16.8 Å². The van der Waals surface area contributed by atoms with Gasteiger partial charge in [0, 0.05) is 16.8 Å². The van der Waals surface area contributed by atoms with Gasteiger partial charge in [-0.2, -0.15) is 5.10 Å².